The first-order valence-corrected chi connectivity index (χ1v) is 11.4. The van der Waals surface area contributed by atoms with Crippen molar-refractivity contribution in [1.82, 2.24) is 9.55 Å². The van der Waals surface area contributed by atoms with Gasteiger partial charge in [-0.15, -0.1) is 0 Å². The minimum absolute atomic E-state index is 0.697. The van der Waals surface area contributed by atoms with Gasteiger partial charge in [-0.25, -0.2) is 0 Å². The normalized spacial score (nSPS) is 14.5. The maximum absolute atomic E-state index is 4.15. The van der Waals surface area contributed by atoms with Crippen LogP contribution in [0.1, 0.15) is 24.3 Å². The summed E-state index contributed by atoms with van der Waals surface area (Å²) in [6.07, 6.45) is 6.32. The molecule has 4 aromatic carbocycles. The average Bonchev–Trinajstić information content (AvgIpc) is 3.57. The molecule has 150 valence electrons. The zero-order valence-electron chi connectivity index (χ0n) is 17.5. The molecular weight excluding hydrogens is 388 g/mol. The lowest BCUT2D eigenvalue weighted by molar-refractivity contribution is 1.10. The van der Waals surface area contributed by atoms with Crippen molar-refractivity contribution < 1.29 is 0 Å². The molecule has 0 radical (unpaired) electrons. The quantitative estimate of drug-likeness (QED) is 0.291. The molecular formula is C30H20N2. The molecule has 1 fully saturated rings. The van der Waals surface area contributed by atoms with E-state index in [4.69, 9.17) is 0 Å². The Balaban J connectivity index is 1.47. The zero-order chi connectivity index (χ0) is 20.8. The van der Waals surface area contributed by atoms with E-state index in [1.54, 1.807) is 0 Å². The number of pyridine rings is 1. The molecule has 0 amide bonds. The zero-order valence-corrected chi connectivity index (χ0v) is 17.5. The fraction of sp³-hybridized carbons (Fsp3) is 0.100. The molecule has 2 nitrogen and oxygen atoms in total. The molecule has 2 aliphatic carbocycles. The minimum atomic E-state index is 0.697. The number of fused-ring (bicyclic) bond motifs is 1. The second kappa shape index (κ2) is 5.86. The van der Waals surface area contributed by atoms with Crippen LogP contribution in [0.15, 0.2) is 91.3 Å². The van der Waals surface area contributed by atoms with Crippen molar-refractivity contribution in [2.45, 2.75) is 18.8 Å². The van der Waals surface area contributed by atoms with Crippen molar-refractivity contribution in [3.63, 3.8) is 0 Å². The fourth-order valence-corrected chi connectivity index (χ4v) is 5.82. The Kier molecular flexibility index (Phi) is 3.07. The largest absolute Gasteiger partial charge is 0.309 e. The second-order valence-corrected chi connectivity index (χ2v) is 9.18. The number of aromatic nitrogens is 2. The van der Waals surface area contributed by atoms with E-state index < -0.39 is 0 Å². The van der Waals surface area contributed by atoms with Crippen molar-refractivity contribution in [3.05, 3.63) is 96.8 Å². The number of rotatable bonds is 3. The highest BCUT2D eigenvalue weighted by molar-refractivity contribution is 6.34. The second-order valence-electron chi connectivity index (χ2n) is 9.18. The van der Waals surface area contributed by atoms with Crippen LogP contribution in [0.3, 0.4) is 0 Å². The average molecular weight is 409 g/mol. The van der Waals surface area contributed by atoms with Crippen LogP contribution in [0, 0.1) is 0 Å². The third-order valence-corrected chi connectivity index (χ3v) is 7.39. The van der Waals surface area contributed by atoms with Crippen molar-refractivity contribution in [2.75, 3.05) is 0 Å². The summed E-state index contributed by atoms with van der Waals surface area (Å²) in [5, 5.41) is 5.65. The molecule has 0 bridgehead atoms. The maximum Gasteiger partial charge on any atom is 0.0582 e. The lowest BCUT2D eigenvalue weighted by Gasteiger charge is -2.15. The van der Waals surface area contributed by atoms with E-state index in [2.05, 4.69) is 88.4 Å². The first kappa shape index (κ1) is 16.7. The Bertz CT molecular complexity index is 1700. The molecule has 2 aromatic heterocycles. The third-order valence-electron chi connectivity index (χ3n) is 7.39. The smallest absolute Gasteiger partial charge is 0.0582 e. The molecule has 2 heterocycles. The predicted octanol–water partition coefficient (Wildman–Crippen LogP) is 7.86. The van der Waals surface area contributed by atoms with Gasteiger partial charge < -0.3 is 4.57 Å². The number of hydrogen-bond donors (Lipinski definition) is 0. The topological polar surface area (TPSA) is 17.8 Å². The molecule has 0 aliphatic heterocycles. The van der Waals surface area contributed by atoms with Gasteiger partial charge >= 0.3 is 0 Å². The fourth-order valence-electron chi connectivity index (χ4n) is 5.82. The van der Waals surface area contributed by atoms with Gasteiger partial charge in [0.05, 0.1) is 11.0 Å². The first-order chi connectivity index (χ1) is 15.9. The van der Waals surface area contributed by atoms with Crippen LogP contribution in [-0.4, -0.2) is 9.55 Å². The molecule has 2 heteroatoms. The van der Waals surface area contributed by atoms with Gasteiger partial charge in [-0.2, -0.15) is 0 Å². The third kappa shape index (κ3) is 2.07. The molecule has 0 saturated heterocycles. The number of benzene rings is 4. The summed E-state index contributed by atoms with van der Waals surface area (Å²) in [6, 6.07) is 29.3. The van der Waals surface area contributed by atoms with Crippen molar-refractivity contribution in [1.29, 1.82) is 0 Å². The van der Waals surface area contributed by atoms with Gasteiger partial charge in [-0.1, -0.05) is 48.5 Å². The summed E-state index contributed by atoms with van der Waals surface area (Å²) in [5.41, 5.74) is 10.7. The van der Waals surface area contributed by atoms with Crippen molar-refractivity contribution in [3.8, 4) is 27.9 Å². The Hall–Kier alpha value is -3.91. The lowest BCUT2D eigenvalue weighted by atomic mass is 9.99. The van der Waals surface area contributed by atoms with E-state index in [-0.39, 0.29) is 0 Å². The highest BCUT2D eigenvalue weighted by Crippen LogP contribution is 2.53. The van der Waals surface area contributed by atoms with Crippen molar-refractivity contribution >= 4 is 32.6 Å². The van der Waals surface area contributed by atoms with Gasteiger partial charge in [0.2, 0.25) is 0 Å². The Labute approximate surface area is 185 Å². The van der Waals surface area contributed by atoms with Gasteiger partial charge in [-0.05, 0) is 87.7 Å². The Morgan fingerprint density at radius 1 is 0.656 bits per heavy atom. The predicted molar refractivity (Wildman–Crippen MR) is 132 cm³/mol. The van der Waals surface area contributed by atoms with E-state index in [0.29, 0.717) is 5.92 Å². The van der Waals surface area contributed by atoms with Crippen molar-refractivity contribution in [2.24, 2.45) is 0 Å². The van der Waals surface area contributed by atoms with Crippen LogP contribution in [0.5, 0.6) is 0 Å². The van der Waals surface area contributed by atoms with Crippen LogP contribution in [-0.2, 0) is 0 Å². The molecule has 0 N–H and O–H groups in total. The number of nitrogens with zero attached hydrogens (tertiary/aromatic N) is 2. The highest BCUT2D eigenvalue weighted by Gasteiger charge is 2.32. The summed E-state index contributed by atoms with van der Waals surface area (Å²) in [6.45, 7) is 0. The van der Waals surface area contributed by atoms with E-state index >= 15 is 0 Å². The molecule has 1 saturated carbocycles. The summed E-state index contributed by atoms with van der Waals surface area (Å²) in [5.74, 6) is 0.697. The molecule has 2 aliphatic rings. The van der Waals surface area contributed by atoms with E-state index in [1.165, 1.54) is 78.9 Å². The first-order valence-electron chi connectivity index (χ1n) is 11.4. The molecule has 0 spiro atoms. The summed E-state index contributed by atoms with van der Waals surface area (Å²) in [7, 11) is 0. The number of hydrogen-bond acceptors (Lipinski definition) is 1. The highest BCUT2D eigenvalue weighted by atomic mass is 15.0. The summed E-state index contributed by atoms with van der Waals surface area (Å²) < 4.78 is 2.52. The molecule has 0 unspecified atom stereocenters. The van der Waals surface area contributed by atoms with Crippen LogP contribution in [0.2, 0.25) is 0 Å². The van der Waals surface area contributed by atoms with E-state index in [9.17, 15) is 0 Å². The van der Waals surface area contributed by atoms with Crippen LogP contribution >= 0.6 is 0 Å². The van der Waals surface area contributed by atoms with Gasteiger partial charge in [0.1, 0.15) is 0 Å². The minimum Gasteiger partial charge on any atom is -0.309 e. The Morgan fingerprint density at radius 3 is 2.25 bits per heavy atom. The molecule has 6 aromatic rings. The monoisotopic (exact) mass is 408 g/mol. The Morgan fingerprint density at radius 2 is 1.44 bits per heavy atom. The standard InChI is InChI=1S/C30H20N2/c1-2-21-8-13-26-29-27(21)24(3-1)25-12-11-23(20-4-5-20)30(28(25)29)32(26)22-9-6-18(7-10-22)19-14-16-31-17-15-19/h1-3,6-17,20H,4-5H2. The van der Waals surface area contributed by atoms with Crippen LogP contribution in [0.4, 0.5) is 0 Å². The van der Waals surface area contributed by atoms with Crippen LogP contribution in [0.25, 0.3) is 60.5 Å². The van der Waals surface area contributed by atoms with Crippen LogP contribution < -0.4 is 0 Å². The lowest BCUT2D eigenvalue weighted by Crippen LogP contribution is -1.98. The van der Waals surface area contributed by atoms with Gasteiger partial charge in [0, 0.05) is 28.9 Å². The molecule has 32 heavy (non-hydrogen) atoms. The van der Waals surface area contributed by atoms with Gasteiger partial charge in [0.25, 0.3) is 0 Å². The molecule has 8 rings (SSSR count). The van der Waals surface area contributed by atoms with Gasteiger partial charge in [-0.3, -0.25) is 4.98 Å². The van der Waals surface area contributed by atoms with E-state index in [1.807, 2.05) is 12.4 Å². The summed E-state index contributed by atoms with van der Waals surface area (Å²) >= 11 is 0. The van der Waals surface area contributed by atoms with Gasteiger partial charge in [0.15, 0.2) is 0 Å². The SMILES string of the molecule is c1cc2c3c(c1)ccc1c3c3c-2ccc(C2CC2)c3n1-c1ccc(-c2ccncc2)cc1. The summed E-state index contributed by atoms with van der Waals surface area (Å²) in [4.78, 5) is 4.15. The molecule has 0 atom stereocenters. The van der Waals surface area contributed by atoms with E-state index in [0.717, 1.165) is 0 Å². The maximum atomic E-state index is 4.15.